The van der Waals surface area contributed by atoms with Crippen LogP contribution in [0.1, 0.15) is 13.3 Å². The van der Waals surface area contributed by atoms with Crippen LogP contribution in [-0.2, 0) is 11.3 Å². The van der Waals surface area contributed by atoms with E-state index in [0.717, 1.165) is 22.2 Å². The van der Waals surface area contributed by atoms with E-state index >= 15 is 0 Å². The van der Waals surface area contributed by atoms with Crippen LogP contribution in [0.3, 0.4) is 0 Å². The number of imidazole rings is 1. The van der Waals surface area contributed by atoms with E-state index in [1.54, 1.807) is 18.3 Å². The largest absolute Gasteiger partial charge is 0.486 e. The molecule has 1 aliphatic rings. The van der Waals surface area contributed by atoms with Crippen LogP contribution in [0.5, 0.6) is 11.5 Å². The third-order valence-electron chi connectivity index (χ3n) is 5.18. The van der Waals surface area contributed by atoms with Gasteiger partial charge in [-0.15, -0.1) is 0 Å². The number of carbonyl (C=O) groups excluding carboxylic acids is 1. The summed E-state index contributed by atoms with van der Waals surface area (Å²) in [6.45, 7) is 4.00. The first-order valence-corrected chi connectivity index (χ1v) is 11.6. The number of ether oxygens (including phenoxy) is 2. The lowest BCUT2D eigenvalue weighted by molar-refractivity contribution is -0.116. The van der Waals surface area contributed by atoms with Crippen LogP contribution in [-0.4, -0.2) is 41.0 Å². The highest BCUT2D eigenvalue weighted by molar-refractivity contribution is 7.99. The summed E-state index contributed by atoms with van der Waals surface area (Å²) in [6.07, 6.45) is 1.97. The number of nitriles is 1. The fourth-order valence-corrected chi connectivity index (χ4v) is 4.52. The molecule has 0 saturated heterocycles. The average molecular weight is 467 g/mol. The summed E-state index contributed by atoms with van der Waals surface area (Å²) in [5, 5.41) is 9.68. The highest BCUT2D eigenvalue weighted by Crippen LogP contribution is 2.35. The van der Waals surface area contributed by atoms with Crippen LogP contribution in [0.15, 0.2) is 53.8 Å². The number of aromatic nitrogens is 2. The second-order valence-corrected chi connectivity index (χ2v) is 8.19. The van der Waals surface area contributed by atoms with E-state index < -0.39 is 0 Å². The van der Waals surface area contributed by atoms with Crippen molar-refractivity contribution >= 4 is 23.4 Å². The van der Waals surface area contributed by atoms with Crippen molar-refractivity contribution in [2.24, 2.45) is 0 Å². The first-order chi connectivity index (χ1) is 16.1. The number of hydrogen-bond acceptors (Lipinski definition) is 6. The van der Waals surface area contributed by atoms with Gasteiger partial charge in [-0.25, -0.2) is 9.37 Å². The second kappa shape index (κ2) is 10.4. The number of hydrogen-bond donors (Lipinski definition) is 0. The average Bonchev–Trinajstić information content (AvgIpc) is 3.26. The number of thioether (sulfide) groups is 1. The number of amides is 1. The van der Waals surface area contributed by atoms with E-state index in [1.807, 2.05) is 29.7 Å². The van der Waals surface area contributed by atoms with Gasteiger partial charge in [-0.05, 0) is 49.4 Å². The Labute approximate surface area is 195 Å². The molecule has 3 aromatic rings. The zero-order valence-corrected chi connectivity index (χ0v) is 19.0. The van der Waals surface area contributed by atoms with E-state index in [9.17, 15) is 9.18 Å². The fourth-order valence-electron chi connectivity index (χ4n) is 3.60. The summed E-state index contributed by atoms with van der Waals surface area (Å²) in [5.41, 5.74) is 2.44. The summed E-state index contributed by atoms with van der Waals surface area (Å²) < 4.78 is 26.6. The van der Waals surface area contributed by atoms with Gasteiger partial charge in [-0.3, -0.25) is 4.79 Å². The molecule has 0 N–H and O–H groups in total. The zero-order valence-electron chi connectivity index (χ0n) is 18.2. The number of carbonyl (C=O) groups is 1. The highest BCUT2D eigenvalue weighted by Gasteiger charge is 2.20. The molecule has 9 heteroatoms. The maximum absolute atomic E-state index is 13.3. The molecule has 0 aliphatic carbocycles. The Balaban J connectivity index is 1.51. The summed E-state index contributed by atoms with van der Waals surface area (Å²) in [4.78, 5) is 19.0. The lowest BCUT2D eigenvalue weighted by atomic mass is 10.1. The van der Waals surface area contributed by atoms with Gasteiger partial charge in [-0.1, -0.05) is 11.8 Å². The molecule has 0 atom stereocenters. The Kier molecular flexibility index (Phi) is 7.15. The van der Waals surface area contributed by atoms with Gasteiger partial charge in [0.25, 0.3) is 0 Å². The third-order valence-corrected chi connectivity index (χ3v) is 6.16. The molecule has 2 heterocycles. The van der Waals surface area contributed by atoms with Gasteiger partial charge in [0.1, 0.15) is 19.0 Å². The Hall–Kier alpha value is -3.51. The molecule has 0 unspecified atom stereocenters. The molecule has 4 rings (SSSR count). The van der Waals surface area contributed by atoms with Crippen molar-refractivity contribution in [1.82, 2.24) is 9.55 Å². The van der Waals surface area contributed by atoms with Crippen molar-refractivity contribution in [3.8, 4) is 28.8 Å². The monoisotopic (exact) mass is 466 g/mol. The zero-order chi connectivity index (χ0) is 23.2. The molecule has 170 valence electrons. The highest BCUT2D eigenvalue weighted by atomic mass is 32.2. The third kappa shape index (κ3) is 5.12. The lowest BCUT2D eigenvalue weighted by Gasteiger charge is -2.21. The molecule has 1 aromatic heterocycles. The Bertz CT molecular complexity index is 1170. The van der Waals surface area contributed by atoms with Gasteiger partial charge >= 0.3 is 0 Å². The minimum absolute atomic E-state index is 0.139. The molecular weight excluding hydrogens is 443 g/mol. The Morgan fingerprint density at radius 3 is 2.70 bits per heavy atom. The molecule has 1 amide bonds. The second-order valence-electron chi connectivity index (χ2n) is 7.25. The number of rotatable bonds is 8. The maximum Gasteiger partial charge on any atom is 0.237 e. The molecule has 0 bridgehead atoms. The van der Waals surface area contributed by atoms with E-state index in [2.05, 4.69) is 11.1 Å². The van der Waals surface area contributed by atoms with Crippen molar-refractivity contribution in [1.29, 1.82) is 5.26 Å². The number of anilines is 1. The van der Waals surface area contributed by atoms with Gasteiger partial charge in [0.15, 0.2) is 16.7 Å². The lowest BCUT2D eigenvalue weighted by Crippen LogP contribution is -2.33. The van der Waals surface area contributed by atoms with E-state index in [-0.39, 0.29) is 30.4 Å². The Morgan fingerprint density at radius 2 is 1.97 bits per heavy atom. The van der Waals surface area contributed by atoms with Crippen LogP contribution in [0, 0.1) is 17.1 Å². The molecule has 2 aromatic carbocycles. The van der Waals surface area contributed by atoms with Gasteiger partial charge in [0, 0.05) is 24.3 Å². The van der Waals surface area contributed by atoms with E-state index in [4.69, 9.17) is 14.7 Å². The van der Waals surface area contributed by atoms with Crippen LogP contribution in [0.4, 0.5) is 10.1 Å². The van der Waals surface area contributed by atoms with Gasteiger partial charge < -0.3 is 18.9 Å². The van der Waals surface area contributed by atoms with Gasteiger partial charge in [-0.2, -0.15) is 5.26 Å². The van der Waals surface area contributed by atoms with Crippen molar-refractivity contribution in [2.45, 2.75) is 25.0 Å². The van der Waals surface area contributed by atoms with Crippen molar-refractivity contribution in [2.75, 3.05) is 30.4 Å². The smallest absolute Gasteiger partial charge is 0.237 e. The summed E-state index contributed by atoms with van der Waals surface area (Å²) >= 11 is 1.33. The molecule has 0 fully saturated rings. The first-order valence-electron chi connectivity index (χ1n) is 10.6. The molecule has 1 aliphatic heterocycles. The van der Waals surface area contributed by atoms with E-state index in [0.29, 0.717) is 31.2 Å². The predicted octanol–water partition coefficient (Wildman–Crippen LogP) is 4.52. The maximum atomic E-state index is 13.3. The normalized spacial score (nSPS) is 12.3. The van der Waals surface area contributed by atoms with Crippen LogP contribution >= 0.6 is 11.8 Å². The molecular formula is C24H23FN4O3S. The Morgan fingerprint density at radius 1 is 1.21 bits per heavy atom. The van der Waals surface area contributed by atoms with Crippen molar-refractivity contribution < 1.29 is 18.7 Å². The number of fused-ring (bicyclic) bond motifs is 1. The van der Waals surface area contributed by atoms with Crippen LogP contribution < -0.4 is 14.4 Å². The first kappa shape index (κ1) is 22.7. The fraction of sp³-hybridized carbons (Fsp3) is 0.292. The molecule has 33 heavy (non-hydrogen) atoms. The van der Waals surface area contributed by atoms with Crippen LogP contribution in [0.25, 0.3) is 11.3 Å². The standard InChI is InChI=1S/C24H23FN4O3S/c1-2-28-20(17-4-9-21-22(14-17)32-13-12-31-21)15-27-24(28)33-16-23(30)29(11-3-10-26)19-7-5-18(25)6-8-19/h4-9,14-15H,2-3,11-13,16H2,1H3. The predicted molar refractivity (Wildman–Crippen MR) is 124 cm³/mol. The van der Waals surface area contributed by atoms with Crippen molar-refractivity contribution in [3.63, 3.8) is 0 Å². The SMILES string of the molecule is CCn1c(-c2ccc3c(c2)OCCO3)cnc1SCC(=O)N(CCC#N)c1ccc(F)cc1. The van der Waals surface area contributed by atoms with Crippen LogP contribution in [0.2, 0.25) is 0 Å². The van der Waals surface area contributed by atoms with Gasteiger partial charge in [0.05, 0.1) is 30.1 Å². The summed E-state index contributed by atoms with van der Waals surface area (Å²) in [6, 6.07) is 13.6. The molecule has 7 nitrogen and oxygen atoms in total. The minimum Gasteiger partial charge on any atom is -0.486 e. The number of halogens is 1. The molecule has 0 radical (unpaired) electrons. The summed E-state index contributed by atoms with van der Waals surface area (Å²) in [7, 11) is 0. The molecule has 0 spiro atoms. The molecule has 0 saturated carbocycles. The summed E-state index contributed by atoms with van der Waals surface area (Å²) in [5.74, 6) is 1.02. The van der Waals surface area contributed by atoms with E-state index in [1.165, 1.54) is 28.8 Å². The number of nitrogens with zero attached hydrogens (tertiary/aromatic N) is 4. The topological polar surface area (TPSA) is 80.4 Å². The number of benzene rings is 2. The minimum atomic E-state index is -0.377. The quantitative estimate of drug-likeness (QED) is 0.454. The van der Waals surface area contributed by atoms with Gasteiger partial charge in [0.2, 0.25) is 5.91 Å². The van der Waals surface area contributed by atoms with Crippen molar-refractivity contribution in [3.05, 3.63) is 54.5 Å².